The predicted octanol–water partition coefficient (Wildman–Crippen LogP) is 3.59. The summed E-state index contributed by atoms with van der Waals surface area (Å²) in [6.07, 6.45) is 3.43. The van der Waals surface area contributed by atoms with Gasteiger partial charge in [-0.1, -0.05) is 24.3 Å². The molecule has 128 valence electrons. The minimum atomic E-state index is -2.63. The van der Waals surface area contributed by atoms with E-state index in [9.17, 15) is 8.78 Å². The molecular weight excluding hydrogens is 314 g/mol. The first-order chi connectivity index (χ1) is 11.6. The second-order valence-electron chi connectivity index (χ2n) is 6.81. The Hall–Kier alpha value is -1.79. The number of halogens is 2. The maximum atomic E-state index is 14.4. The first kappa shape index (κ1) is 15.7. The van der Waals surface area contributed by atoms with E-state index in [0.29, 0.717) is 32.7 Å². The second-order valence-corrected chi connectivity index (χ2v) is 6.81. The van der Waals surface area contributed by atoms with Crippen molar-refractivity contribution in [2.75, 3.05) is 26.3 Å². The van der Waals surface area contributed by atoms with Crippen molar-refractivity contribution in [2.45, 2.75) is 25.3 Å². The quantitative estimate of drug-likeness (QED) is 0.860. The molecular formula is C18H20F2N2O2. The molecule has 1 unspecified atom stereocenters. The molecule has 1 aromatic carbocycles. The average molecular weight is 334 g/mol. The zero-order chi connectivity index (χ0) is 16.6. The lowest BCUT2D eigenvalue weighted by Gasteiger charge is -2.45. The molecule has 1 aromatic heterocycles. The minimum Gasteiger partial charge on any atom is -0.444 e. The Labute approximate surface area is 139 Å². The lowest BCUT2D eigenvalue weighted by atomic mass is 9.75. The van der Waals surface area contributed by atoms with Gasteiger partial charge >= 0.3 is 0 Å². The van der Waals surface area contributed by atoms with Crippen LogP contribution in [-0.2, 0) is 11.3 Å². The van der Waals surface area contributed by atoms with Gasteiger partial charge in [0.25, 0.3) is 5.92 Å². The van der Waals surface area contributed by atoms with Gasteiger partial charge in [0.15, 0.2) is 12.2 Å². The maximum absolute atomic E-state index is 14.4. The Morgan fingerprint density at radius 3 is 2.67 bits per heavy atom. The van der Waals surface area contributed by atoms with Gasteiger partial charge in [-0.15, -0.1) is 0 Å². The Morgan fingerprint density at radius 2 is 2.00 bits per heavy atom. The van der Waals surface area contributed by atoms with Crippen LogP contribution in [0.2, 0.25) is 0 Å². The molecule has 0 bridgehead atoms. The van der Waals surface area contributed by atoms with Gasteiger partial charge in [0.05, 0.1) is 18.2 Å². The van der Waals surface area contributed by atoms with Crippen molar-refractivity contribution in [3.05, 3.63) is 42.4 Å². The zero-order valence-corrected chi connectivity index (χ0v) is 13.4. The molecule has 6 heteroatoms. The van der Waals surface area contributed by atoms with Crippen LogP contribution in [0, 0.1) is 5.41 Å². The van der Waals surface area contributed by atoms with Crippen molar-refractivity contribution in [2.24, 2.45) is 5.41 Å². The van der Waals surface area contributed by atoms with Crippen LogP contribution in [0.3, 0.4) is 0 Å². The predicted molar refractivity (Wildman–Crippen MR) is 84.6 cm³/mol. The molecule has 2 aliphatic heterocycles. The van der Waals surface area contributed by atoms with Gasteiger partial charge in [-0.3, -0.25) is 4.90 Å². The fourth-order valence-electron chi connectivity index (χ4n) is 3.73. The van der Waals surface area contributed by atoms with Crippen LogP contribution in [0.25, 0.3) is 11.3 Å². The summed E-state index contributed by atoms with van der Waals surface area (Å²) in [5.74, 6) is -1.91. The molecule has 0 N–H and O–H groups in total. The van der Waals surface area contributed by atoms with Gasteiger partial charge < -0.3 is 9.15 Å². The molecule has 2 aliphatic rings. The molecule has 1 spiro atoms. The summed E-state index contributed by atoms with van der Waals surface area (Å²) in [6.45, 7) is 2.09. The van der Waals surface area contributed by atoms with Crippen molar-refractivity contribution >= 4 is 0 Å². The van der Waals surface area contributed by atoms with Crippen LogP contribution in [0.1, 0.15) is 18.4 Å². The SMILES string of the molecule is FC1(F)CCN(Cc2ccc(-c3cnco3)cc2)CC12CCOC2. The number of piperidine rings is 1. The van der Waals surface area contributed by atoms with Crippen molar-refractivity contribution < 1.29 is 17.9 Å². The molecule has 1 atom stereocenters. The van der Waals surface area contributed by atoms with E-state index in [4.69, 9.17) is 9.15 Å². The molecule has 2 fully saturated rings. The number of likely N-dealkylation sites (tertiary alicyclic amines) is 1. The van der Waals surface area contributed by atoms with Gasteiger partial charge in [0, 0.05) is 38.2 Å². The summed E-state index contributed by atoms with van der Waals surface area (Å²) in [6, 6.07) is 7.98. The number of hydrogen-bond acceptors (Lipinski definition) is 4. The third-order valence-electron chi connectivity index (χ3n) is 5.22. The number of nitrogens with zero attached hydrogens (tertiary/aromatic N) is 2. The number of hydrogen-bond donors (Lipinski definition) is 0. The van der Waals surface area contributed by atoms with E-state index >= 15 is 0 Å². The third kappa shape index (κ3) is 2.74. The molecule has 4 nitrogen and oxygen atoms in total. The van der Waals surface area contributed by atoms with Crippen LogP contribution >= 0.6 is 0 Å². The lowest BCUT2D eigenvalue weighted by Crippen LogP contribution is -2.55. The van der Waals surface area contributed by atoms with Crippen LogP contribution in [-0.4, -0.2) is 42.1 Å². The van der Waals surface area contributed by atoms with Gasteiger partial charge in [-0.25, -0.2) is 13.8 Å². The molecule has 3 heterocycles. The highest BCUT2D eigenvalue weighted by Crippen LogP contribution is 2.48. The first-order valence-corrected chi connectivity index (χ1v) is 8.24. The van der Waals surface area contributed by atoms with Crippen LogP contribution in [0.5, 0.6) is 0 Å². The minimum absolute atomic E-state index is 0.0908. The van der Waals surface area contributed by atoms with E-state index in [2.05, 4.69) is 9.88 Å². The first-order valence-electron chi connectivity index (χ1n) is 8.24. The van der Waals surface area contributed by atoms with Crippen molar-refractivity contribution in [3.8, 4) is 11.3 Å². The number of aromatic nitrogens is 1. The third-order valence-corrected chi connectivity index (χ3v) is 5.22. The van der Waals surface area contributed by atoms with Crippen molar-refractivity contribution in [3.63, 3.8) is 0 Å². The smallest absolute Gasteiger partial charge is 0.258 e. The van der Waals surface area contributed by atoms with Crippen LogP contribution in [0.4, 0.5) is 8.78 Å². The van der Waals surface area contributed by atoms with Crippen molar-refractivity contribution in [1.29, 1.82) is 0 Å². The molecule has 2 saturated heterocycles. The zero-order valence-electron chi connectivity index (χ0n) is 13.4. The van der Waals surface area contributed by atoms with Gasteiger partial charge in [0.1, 0.15) is 0 Å². The number of alkyl halides is 2. The largest absolute Gasteiger partial charge is 0.444 e. The van der Waals surface area contributed by atoms with Gasteiger partial charge in [-0.05, 0) is 12.0 Å². The summed E-state index contributed by atoms with van der Waals surface area (Å²) in [4.78, 5) is 6.03. The summed E-state index contributed by atoms with van der Waals surface area (Å²) in [5.41, 5.74) is 1.06. The molecule has 0 aliphatic carbocycles. The fraction of sp³-hybridized carbons (Fsp3) is 0.500. The highest BCUT2D eigenvalue weighted by atomic mass is 19.3. The topological polar surface area (TPSA) is 38.5 Å². The lowest BCUT2D eigenvalue weighted by molar-refractivity contribution is -0.167. The Morgan fingerprint density at radius 1 is 1.17 bits per heavy atom. The van der Waals surface area contributed by atoms with E-state index in [-0.39, 0.29) is 13.0 Å². The second kappa shape index (κ2) is 5.93. The van der Waals surface area contributed by atoms with E-state index in [1.54, 1.807) is 6.20 Å². The van der Waals surface area contributed by atoms with Crippen molar-refractivity contribution in [1.82, 2.24) is 9.88 Å². The van der Waals surface area contributed by atoms with E-state index in [1.165, 1.54) is 6.39 Å². The van der Waals surface area contributed by atoms with E-state index in [0.717, 1.165) is 16.9 Å². The monoisotopic (exact) mass is 334 g/mol. The molecule has 2 aromatic rings. The van der Waals surface area contributed by atoms with Crippen LogP contribution < -0.4 is 0 Å². The number of rotatable bonds is 3. The number of oxazole rings is 1. The Kier molecular flexibility index (Phi) is 3.89. The summed E-state index contributed by atoms with van der Waals surface area (Å²) >= 11 is 0. The fourth-order valence-corrected chi connectivity index (χ4v) is 3.73. The number of ether oxygens (including phenoxy) is 1. The maximum Gasteiger partial charge on any atom is 0.258 e. The molecule has 0 saturated carbocycles. The Balaban J connectivity index is 1.46. The molecule has 0 amide bonds. The Bertz CT molecular complexity index is 680. The van der Waals surface area contributed by atoms with Gasteiger partial charge in [0.2, 0.25) is 0 Å². The van der Waals surface area contributed by atoms with Crippen LogP contribution in [0.15, 0.2) is 41.3 Å². The molecule has 0 radical (unpaired) electrons. The summed E-state index contributed by atoms with van der Waals surface area (Å²) < 4.78 is 39.3. The number of benzene rings is 1. The van der Waals surface area contributed by atoms with E-state index in [1.807, 2.05) is 24.3 Å². The average Bonchev–Trinajstić information content (AvgIpc) is 3.25. The summed E-state index contributed by atoms with van der Waals surface area (Å²) in [7, 11) is 0. The van der Waals surface area contributed by atoms with E-state index < -0.39 is 11.3 Å². The summed E-state index contributed by atoms with van der Waals surface area (Å²) in [5, 5.41) is 0. The normalized spacial score (nSPS) is 26.9. The standard InChI is InChI=1S/C18H20F2N2O2/c19-18(20)5-7-22(11-17(18)6-8-23-12-17)10-14-1-3-15(4-2-14)16-9-21-13-24-16/h1-4,9,13H,5-8,10-12H2. The highest BCUT2D eigenvalue weighted by molar-refractivity contribution is 5.56. The van der Waals surface area contributed by atoms with Gasteiger partial charge in [-0.2, -0.15) is 0 Å². The molecule has 4 rings (SSSR count). The highest BCUT2D eigenvalue weighted by Gasteiger charge is 2.58. The molecule has 24 heavy (non-hydrogen) atoms.